The molecular formula is C14H22N2O4S. The average molecular weight is 314 g/mol. The van der Waals surface area contributed by atoms with Gasteiger partial charge in [-0.15, -0.1) is 0 Å². The number of carbonyl (C=O) groups excluding carboxylic acids is 1. The normalized spacial score (nSPS) is 13.1. The van der Waals surface area contributed by atoms with Crippen LogP contribution in [-0.4, -0.2) is 51.2 Å². The Labute approximate surface area is 126 Å². The average Bonchev–Trinajstić information content (AvgIpc) is 2.38. The molecule has 7 heteroatoms. The van der Waals surface area contributed by atoms with E-state index in [2.05, 4.69) is 5.32 Å². The van der Waals surface area contributed by atoms with Crippen LogP contribution in [0, 0.1) is 0 Å². The Bertz CT molecular complexity index is 545. The molecule has 0 aliphatic heterocycles. The van der Waals surface area contributed by atoms with Gasteiger partial charge in [-0.3, -0.25) is 4.79 Å². The molecular weight excluding hydrogens is 292 g/mol. The van der Waals surface area contributed by atoms with E-state index in [1.165, 1.54) is 0 Å². The molecule has 0 heterocycles. The summed E-state index contributed by atoms with van der Waals surface area (Å²) < 4.78 is 29.7. The van der Waals surface area contributed by atoms with Gasteiger partial charge in [0.2, 0.25) is 15.9 Å². The number of nitrogens with zero attached hydrogens (tertiary/aromatic N) is 1. The molecule has 1 atom stereocenters. The lowest BCUT2D eigenvalue weighted by molar-refractivity contribution is -0.122. The third-order valence-electron chi connectivity index (χ3n) is 2.81. The van der Waals surface area contributed by atoms with E-state index in [1.807, 2.05) is 30.3 Å². The van der Waals surface area contributed by atoms with Crippen LogP contribution in [0.25, 0.3) is 0 Å². The van der Waals surface area contributed by atoms with Crippen molar-refractivity contribution >= 4 is 15.9 Å². The van der Waals surface area contributed by atoms with Crippen molar-refractivity contribution < 1.29 is 17.9 Å². The van der Waals surface area contributed by atoms with Crippen molar-refractivity contribution in [2.24, 2.45) is 0 Å². The molecule has 0 bridgehead atoms. The monoisotopic (exact) mass is 314 g/mol. The summed E-state index contributed by atoms with van der Waals surface area (Å²) in [4.78, 5) is 11.9. The lowest BCUT2D eigenvalue weighted by Crippen LogP contribution is -2.44. The van der Waals surface area contributed by atoms with Gasteiger partial charge in [0.15, 0.2) is 0 Å². The first kappa shape index (κ1) is 17.6. The number of nitrogens with one attached hydrogen (secondary N) is 1. The van der Waals surface area contributed by atoms with E-state index < -0.39 is 10.0 Å². The molecule has 0 aromatic heterocycles. The van der Waals surface area contributed by atoms with E-state index in [1.54, 1.807) is 14.0 Å². The highest BCUT2D eigenvalue weighted by atomic mass is 32.2. The molecule has 1 aromatic rings. The maximum Gasteiger partial charge on any atom is 0.235 e. The lowest BCUT2D eigenvalue weighted by atomic mass is 10.2. The Morgan fingerprint density at radius 2 is 1.95 bits per heavy atom. The predicted octanol–water partition coefficient (Wildman–Crippen LogP) is 0.599. The fraction of sp³-hybridized carbons (Fsp3) is 0.500. The van der Waals surface area contributed by atoms with Crippen molar-refractivity contribution in [3.8, 4) is 0 Å². The molecule has 0 radical (unpaired) electrons. The van der Waals surface area contributed by atoms with Crippen molar-refractivity contribution in [3.63, 3.8) is 0 Å². The first-order valence-corrected chi connectivity index (χ1v) is 8.45. The molecule has 1 rings (SSSR count). The van der Waals surface area contributed by atoms with Gasteiger partial charge in [-0.25, -0.2) is 8.42 Å². The molecule has 0 aliphatic rings. The molecule has 0 fully saturated rings. The first-order chi connectivity index (χ1) is 9.82. The second kappa shape index (κ2) is 8.11. The number of ether oxygens (including phenoxy) is 1. The Kier molecular flexibility index (Phi) is 6.80. The SMILES string of the molecule is COC[C@@H](C)NC(=O)CN(Cc1ccccc1)S(C)(=O)=O. The fourth-order valence-electron chi connectivity index (χ4n) is 1.85. The smallest absolute Gasteiger partial charge is 0.235 e. The van der Waals surface area contributed by atoms with Crippen LogP contribution in [0.2, 0.25) is 0 Å². The lowest BCUT2D eigenvalue weighted by Gasteiger charge is -2.21. The second-order valence-corrected chi connectivity index (χ2v) is 6.92. The van der Waals surface area contributed by atoms with Crippen LogP contribution in [0.1, 0.15) is 12.5 Å². The van der Waals surface area contributed by atoms with Crippen LogP contribution >= 0.6 is 0 Å². The van der Waals surface area contributed by atoms with Crippen molar-refractivity contribution in [2.45, 2.75) is 19.5 Å². The van der Waals surface area contributed by atoms with Gasteiger partial charge in [0.05, 0.1) is 19.4 Å². The van der Waals surface area contributed by atoms with Crippen LogP contribution < -0.4 is 5.32 Å². The zero-order valence-corrected chi connectivity index (χ0v) is 13.4. The van der Waals surface area contributed by atoms with E-state index in [0.29, 0.717) is 6.61 Å². The Hall–Kier alpha value is -1.44. The Morgan fingerprint density at radius 1 is 1.33 bits per heavy atom. The maximum atomic E-state index is 11.9. The molecule has 0 aliphatic carbocycles. The maximum absolute atomic E-state index is 11.9. The highest BCUT2D eigenvalue weighted by Crippen LogP contribution is 2.08. The van der Waals surface area contributed by atoms with Crippen molar-refractivity contribution in [3.05, 3.63) is 35.9 Å². The molecule has 1 amide bonds. The van der Waals surface area contributed by atoms with Crippen LogP contribution in [-0.2, 0) is 26.1 Å². The fourth-order valence-corrected chi connectivity index (χ4v) is 2.59. The van der Waals surface area contributed by atoms with Gasteiger partial charge < -0.3 is 10.1 Å². The van der Waals surface area contributed by atoms with Crippen molar-refractivity contribution in [1.29, 1.82) is 0 Å². The molecule has 0 spiro atoms. The van der Waals surface area contributed by atoms with Gasteiger partial charge in [0.25, 0.3) is 0 Å². The quantitative estimate of drug-likeness (QED) is 0.762. The number of hydrogen-bond acceptors (Lipinski definition) is 4. The standard InChI is InChI=1S/C14H22N2O4S/c1-12(11-20-2)15-14(17)10-16(21(3,18)19)9-13-7-5-4-6-8-13/h4-8,12H,9-11H2,1-3H3,(H,15,17)/t12-/m1/s1. The third kappa shape index (κ3) is 6.70. The third-order valence-corrected chi connectivity index (χ3v) is 4.01. The summed E-state index contributed by atoms with van der Waals surface area (Å²) in [5, 5.41) is 2.70. The molecule has 118 valence electrons. The predicted molar refractivity (Wildman–Crippen MR) is 81.2 cm³/mol. The molecule has 0 saturated heterocycles. The number of rotatable bonds is 8. The van der Waals surface area contributed by atoms with Gasteiger partial charge in [-0.1, -0.05) is 30.3 Å². The molecule has 1 aromatic carbocycles. The van der Waals surface area contributed by atoms with Crippen LogP contribution in [0.4, 0.5) is 0 Å². The number of hydrogen-bond donors (Lipinski definition) is 1. The van der Waals surface area contributed by atoms with Gasteiger partial charge in [-0.05, 0) is 12.5 Å². The zero-order valence-electron chi connectivity index (χ0n) is 12.6. The number of amides is 1. The molecule has 1 N–H and O–H groups in total. The van der Waals surface area contributed by atoms with Gasteiger partial charge in [-0.2, -0.15) is 4.31 Å². The number of methoxy groups -OCH3 is 1. The second-order valence-electron chi connectivity index (χ2n) is 4.94. The minimum absolute atomic E-state index is 0.166. The summed E-state index contributed by atoms with van der Waals surface area (Å²) >= 11 is 0. The van der Waals surface area contributed by atoms with Gasteiger partial charge in [0.1, 0.15) is 0 Å². The largest absolute Gasteiger partial charge is 0.383 e. The number of sulfonamides is 1. The highest BCUT2D eigenvalue weighted by Gasteiger charge is 2.21. The van der Waals surface area contributed by atoms with Crippen LogP contribution in [0.15, 0.2) is 30.3 Å². The van der Waals surface area contributed by atoms with E-state index in [-0.39, 0.29) is 25.0 Å². The summed E-state index contributed by atoms with van der Waals surface area (Å²) in [6.07, 6.45) is 1.10. The first-order valence-electron chi connectivity index (χ1n) is 6.60. The Morgan fingerprint density at radius 3 is 2.48 bits per heavy atom. The molecule has 21 heavy (non-hydrogen) atoms. The summed E-state index contributed by atoms with van der Waals surface area (Å²) in [6, 6.07) is 8.99. The molecule has 6 nitrogen and oxygen atoms in total. The molecule has 0 unspecified atom stereocenters. The summed E-state index contributed by atoms with van der Waals surface area (Å²) in [5.41, 5.74) is 0.834. The summed E-state index contributed by atoms with van der Waals surface area (Å²) in [5.74, 6) is -0.346. The van der Waals surface area contributed by atoms with Gasteiger partial charge >= 0.3 is 0 Å². The molecule has 0 saturated carbocycles. The van der Waals surface area contributed by atoms with E-state index >= 15 is 0 Å². The minimum Gasteiger partial charge on any atom is -0.383 e. The van der Waals surface area contributed by atoms with Crippen molar-refractivity contribution in [1.82, 2.24) is 9.62 Å². The zero-order chi connectivity index (χ0) is 15.9. The van der Waals surface area contributed by atoms with E-state index in [9.17, 15) is 13.2 Å². The minimum atomic E-state index is -3.47. The summed E-state index contributed by atoms with van der Waals surface area (Å²) in [6.45, 7) is 2.14. The summed E-state index contributed by atoms with van der Waals surface area (Å²) in [7, 11) is -1.92. The Balaban J connectivity index is 2.69. The van der Waals surface area contributed by atoms with Gasteiger partial charge in [0, 0.05) is 19.7 Å². The number of carbonyl (C=O) groups is 1. The van der Waals surface area contributed by atoms with Crippen molar-refractivity contribution in [2.75, 3.05) is 26.5 Å². The van der Waals surface area contributed by atoms with E-state index in [0.717, 1.165) is 16.1 Å². The van der Waals surface area contributed by atoms with E-state index in [4.69, 9.17) is 4.74 Å². The number of benzene rings is 1. The highest BCUT2D eigenvalue weighted by molar-refractivity contribution is 7.88. The van der Waals surface area contributed by atoms with Crippen LogP contribution in [0.5, 0.6) is 0 Å². The topological polar surface area (TPSA) is 75.7 Å². The van der Waals surface area contributed by atoms with Crippen LogP contribution in [0.3, 0.4) is 0 Å².